The summed E-state index contributed by atoms with van der Waals surface area (Å²) in [7, 11) is 0. The third-order valence-electron chi connectivity index (χ3n) is 1.99. The molecule has 0 bridgehead atoms. The van der Waals surface area contributed by atoms with Crippen LogP contribution in [0.4, 0.5) is 0 Å². The molecule has 0 saturated carbocycles. The molecular formula is C11H9Cl2N3O. The molecule has 2 aromatic rings. The van der Waals surface area contributed by atoms with Gasteiger partial charge >= 0.3 is 0 Å². The Bertz CT molecular complexity index is 534. The number of nitrogens with two attached hydrogens (primary N) is 1. The van der Waals surface area contributed by atoms with E-state index in [9.17, 15) is 0 Å². The van der Waals surface area contributed by atoms with Gasteiger partial charge in [-0.3, -0.25) is 4.98 Å². The summed E-state index contributed by atoms with van der Waals surface area (Å²) in [6.45, 7) is 0.254. The van der Waals surface area contributed by atoms with Crippen LogP contribution in [0.15, 0.2) is 30.6 Å². The maximum atomic E-state index is 5.89. The van der Waals surface area contributed by atoms with Gasteiger partial charge in [0.05, 0.1) is 21.9 Å². The average Bonchev–Trinajstić information content (AvgIpc) is 2.32. The first kappa shape index (κ1) is 12.1. The van der Waals surface area contributed by atoms with Crippen LogP contribution in [0, 0.1) is 0 Å². The molecule has 2 rings (SSSR count). The Kier molecular flexibility index (Phi) is 3.78. The molecule has 6 heteroatoms. The van der Waals surface area contributed by atoms with E-state index >= 15 is 0 Å². The number of rotatable bonds is 3. The van der Waals surface area contributed by atoms with Gasteiger partial charge in [0.2, 0.25) is 5.88 Å². The largest absolute Gasteiger partial charge is 0.437 e. The maximum absolute atomic E-state index is 5.89. The lowest BCUT2D eigenvalue weighted by Gasteiger charge is -2.06. The van der Waals surface area contributed by atoms with Gasteiger partial charge in [-0.2, -0.15) is 0 Å². The quantitative estimate of drug-likeness (QED) is 0.931. The second-order valence-corrected chi connectivity index (χ2v) is 4.07. The van der Waals surface area contributed by atoms with Crippen molar-refractivity contribution in [3.63, 3.8) is 0 Å². The van der Waals surface area contributed by atoms with E-state index in [2.05, 4.69) is 9.97 Å². The minimum Gasteiger partial charge on any atom is -0.437 e. The van der Waals surface area contributed by atoms with Gasteiger partial charge in [-0.15, -0.1) is 0 Å². The molecule has 0 radical (unpaired) electrons. The van der Waals surface area contributed by atoms with Crippen molar-refractivity contribution in [2.75, 3.05) is 0 Å². The molecule has 4 nitrogen and oxygen atoms in total. The predicted molar refractivity (Wildman–Crippen MR) is 66.5 cm³/mol. The normalized spacial score (nSPS) is 10.3. The molecule has 0 aliphatic rings. The zero-order valence-corrected chi connectivity index (χ0v) is 10.2. The van der Waals surface area contributed by atoms with E-state index in [1.165, 1.54) is 6.20 Å². The first-order valence-electron chi connectivity index (χ1n) is 4.83. The second-order valence-electron chi connectivity index (χ2n) is 3.22. The van der Waals surface area contributed by atoms with Crippen LogP contribution in [0.2, 0.25) is 10.0 Å². The predicted octanol–water partition coefficient (Wildman–Crippen LogP) is 3.03. The van der Waals surface area contributed by atoms with E-state index in [1.54, 1.807) is 24.4 Å². The first-order chi connectivity index (χ1) is 8.19. The number of hydrogen-bond acceptors (Lipinski definition) is 4. The molecule has 0 aromatic carbocycles. The highest BCUT2D eigenvalue weighted by molar-refractivity contribution is 6.31. The highest BCUT2D eigenvalue weighted by Gasteiger charge is 2.04. The summed E-state index contributed by atoms with van der Waals surface area (Å²) in [5.41, 5.74) is 6.08. The van der Waals surface area contributed by atoms with Crippen molar-refractivity contribution in [3.8, 4) is 11.6 Å². The molecule has 0 spiro atoms. The Morgan fingerprint density at radius 2 is 2.06 bits per heavy atom. The monoisotopic (exact) mass is 269 g/mol. The van der Waals surface area contributed by atoms with Crippen LogP contribution in [-0.4, -0.2) is 9.97 Å². The average molecular weight is 270 g/mol. The van der Waals surface area contributed by atoms with E-state index in [-0.39, 0.29) is 6.54 Å². The lowest BCUT2D eigenvalue weighted by Crippen LogP contribution is -2.01. The van der Waals surface area contributed by atoms with Crippen LogP contribution in [0.3, 0.4) is 0 Å². The van der Waals surface area contributed by atoms with Gasteiger partial charge in [-0.25, -0.2) is 4.98 Å². The highest BCUT2D eigenvalue weighted by atomic mass is 35.5. The van der Waals surface area contributed by atoms with Crippen LogP contribution in [0.1, 0.15) is 5.69 Å². The fourth-order valence-corrected chi connectivity index (χ4v) is 1.58. The van der Waals surface area contributed by atoms with E-state index in [0.717, 1.165) is 0 Å². The summed E-state index contributed by atoms with van der Waals surface area (Å²) >= 11 is 11.7. The molecule has 2 aromatic heterocycles. The van der Waals surface area contributed by atoms with Crippen molar-refractivity contribution in [3.05, 3.63) is 46.3 Å². The Balaban J connectivity index is 2.24. The molecule has 0 fully saturated rings. The van der Waals surface area contributed by atoms with Gasteiger partial charge in [0.1, 0.15) is 5.75 Å². The van der Waals surface area contributed by atoms with Crippen molar-refractivity contribution in [2.24, 2.45) is 5.73 Å². The molecule has 2 heterocycles. The van der Waals surface area contributed by atoms with Gasteiger partial charge in [0.15, 0.2) is 0 Å². The van der Waals surface area contributed by atoms with E-state index in [0.29, 0.717) is 27.4 Å². The topological polar surface area (TPSA) is 61.0 Å². The molecule has 0 atom stereocenters. The van der Waals surface area contributed by atoms with Crippen molar-refractivity contribution in [1.29, 1.82) is 0 Å². The zero-order chi connectivity index (χ0) is 12.3. The number of ether oxygens (including phenoxy) is 1. The van der Waals surface area contributed by atoms with E-state index in [4.69, 9.17) is 33.7 Å². The lowest BCUT2D eigenvalue weighted by atomic mass is 10.3. The summed E-state index contributed by atoms with van der Waals surface area (Å²) in [4.78, 5) is 8.07. The minimum atomic E-state index is 0.254. The summed E-state index contributed by atoms with van der Waals surface area (Å²) in [6, 6.07) is 4.99. The number of hydrogen-bond donors (Lipinski definition) is 1. The Morgan fingerprint density at radius 3 is 2.76 bits per heavy atom. The standard InChI is InChI=1S/C11H9Cl2N3O/c12-7-3-8(6-15-5-7)17-11-2-1-9(13)10(4-14)16-11/h1-3,5-6H,4,14H2. The third kappa shape index (κ3) is 3.06. The molecule has 88 valence electrons. The number of pyridine rings is 2. The van der Waals surface area contributed by atoms with Gasteiger partial charge in [-0.1, -0.05) is 23.2 Å². The molecule has 0 amide bonds. The summed E-state index contributed by atoms with van der Waals surface area (Å²) in [5, 5.41) is 1.01. The van der Waals surface area contributed by atoms with Crippen LogP contribution in [0.25, 0.3) is 0 Å². The van der Waals surface area contributed by atoms with Crippen molar-refractivity contribution in [1.82, 2.24) is 9.97 Å². The van der Waals surface area contributed by atoms with Crippen LogP contribution in [-0.2, 0) is 6.54 Å². The molecule has 17 heavy (non-hydrogen) atoms. The Morgan fingerprint density at radius 1 is 1.24 bits per heavy atom. The van der Waals surface area contributed by atoms with Crippen LogP contribution < -0.4 is 10.5 Å². The SMILES string of the molecule is NCc1nc(Oc2cncc(Cl)c2)ccc1Cl. The first-order valence-corrected chi connectivity index (χ1v) is 5.58. The molecule has 0 saturated heterocycles. The molecule has 0 aliphatic heterocycles. The summed E-state index contributed by atoms with van der Waals surface area (Å²) in [6.07, 6.45) is 3.07. The maximum Gasteiger partial charge on any atom is 0.219 e. The van der Waals surface area contributed by atoms with E-state index in [1.807, 2.05) is 0 Å². The molecule has 0 unspecified atom stereocenters. The fraction of sp³-hybridized carbons (Fsp3) is 0.0909. The molecular weight excluding hydrogens is 261 g/mol. The van der Waals surface area contributed by atoms with Gasteiger partial charge in [-0.05, 0) is 6.07 Å². The third-order valence-corrected chi connectivity index (χ3v) is 2.54. The highest BCUT2D eigenvalue weighted by Crippen LogP contribution is 2.24. The number of aromatic nitrogens is 2. The second kappa shape index (κ2) is 5.31. The number of halogens is 2. The molecule has 0 aliphatic carbocycles. The zero-order valence-electron chi connectivity index (χ0n) is 8.73. The Labute approximate surface area is 108 Å². The smallest absolute Gasteiger partial charge is 0.219 e. The minimum absolute atomic E-state index is 0.254. The Hall–Kier alpha value is -1.36. The van der Waals surface area contributed by atoms with Crippen molar-refractivity contribution < 1.29 is 4.74 Å². The van der Waals surface area contributed by atoms with Gasteiger partial charge in [0, 0.05) is 24.9 Å². The summed E-state index contributed by atoms with van der Waals surface area (Å²) < 4.78 is 5.48. The summed E-state index contributed by atoms with van der Waals surface area (Å²) in [5.74, 6) is 0.911. The fourth-order valence-electron chi connectivity index (χ4n) is 1.23. The van der Waals surface area contributed by atoms with Gasteiger partial charge in [0.25, 0.3) is 0 Å². The van der Waals surface area contributed by atoms with E-state index < -0.39 is 0 Å². The van der Waals surface area contributed by atoms with Crippen LogP contribution >= 0.6 is 23.2 Å². The van der Waals surface area contributed by atoms with Crippen molar-refractivity contribution in [2.45, 2.75) is 6.54 Å². The lowest BCUT2D eigenvalue weighted by molar-refractivity contribution is 0.458. The van der Waals surface area contributed by atoms with Crippen molar-refractivity contribution >= 4 is 23.2 Å². The van der Waals surface area contributed by atoms with Gasteiger partial charge < -0.3 is 10.5 Å². The number of nitrogens with zero attached hydrogens (tertiary/aromatic N) is 2. The molecule has 2 N–H and O–H groups in total. The van der Waals surface area contributed by atoms with Crippen LogP contribution in [0.5, 0.6) is 11.6 Å².